The molecule has 2 rings (SSSR count). The molecule has 0 radical (unpaired) electrons. The molecule has 1 fully saturated rings. The molecular formula is C12H22N6. The van der Waals surface area contributed by atoms with E-state index < -0.39 is 0 Å². The van der Waals surface area contributed by atoms with Crippen molar-refractivity contribution in [2.24, 2.45) is 5.84 Å². The molecule has 1 aliphatic rings. The zero-order valence-corrected chi connectivity index (χ0v) is 11.2. The number of hydrazine groups is 1. The highest BCUT2D eigenvalue weighted by molar-refractivity contribution is 5.43. The van der Waals surface area contributed by atoms with Gasteiger partial charge in [-0.15, -0.1) is 0 Å². The summed E-state index contributed by atoms with van der Waals surface area (Å²) in [4.78, 5) is 13.2. The molecule has 1 aliphatic heterocycles. The van der Waals surface area contributed by atoms with Gasteiger partial charge < -0.3 is 9.80 Å². The van der Waals surface area contributed by atoms with Gasteiger partial charge in [0.05, 0.1) is 0 Å². The van der Waals surface area contributed by atoms with E-state index in [1.807, 2.05) is 13.0 Å². The van der Waals surface area contributed by atoms with E-state index in [-0.39, 0.29) is 0 Å². The molecule has 0 atom stereocenters. The largest absolute Gasteiger partial charge is 0.358 e. The Morgan fingerprint density at radius 3 is 2.78 bits per heavy atom. The number of likely N-dealkylation sites (N-methyl/N-ethyl adjacent to an activating group) is 1. The number of nitrogens with two attached hydrogens (primary N) is 1. The van der Waals surface area contributed by atoms with Gasteiger partial charge >= 0.3 is 0 Å². The quantitative estimate of drug-likeness (QED) is 0.589. The Bertz CT molecular complexity index is 388. The van der Waals surface area contributed by atoms with E-state index in [1.165, 1.54) is 25.9 Å². The first-order valence-electron chi connectivity index (χ1n) is 6.45. The summed E-state index contributed by atoms with van der Waals surface area (Å²) in [7, 11) is 2.05. The van der Waals surface area contributed by atoms with Crippen molar-refractivity contribution in [2.45, 2.75) is 19.8 Å². The van der Waals surface area contributed by atoms with Gasteiger partial charge in [0, 0.05) is 31.9 Å². The maximum atomic E-state index is 5.36. The van der Waals surface area contributed by atoms with Crippen LogP contribution in [0.25, 0.3) is 0 Å². The minimum absolute atomic E-state index is 0.470. The molecule has 1 aromatic heterocycles. The van der Waals surface area contributed by atoms with Gasteiger partial charge in [0.25, 0.3) is 0 Å². The van der Waals surface area contributed by atoms with Crippen molar-refractivity contribution in [3.63, 3.8) is 0 Å². The molecule has 1 saturated heterocycles. The van der Waals surface area contributed by atoms with Gasteiger partial charge in [0.1, 0.15) is 5.82 Å². The number of rotatable bonds is 5. The van der Waals surface area contributed by atoms with Crippen LogP contribution >= 0.6 is 0 Å². The number of anilines is 2. The summed E-state index contributed by atoms with van der Waals surface area (Å²) in [6, 6.07) is 1.98. The van der Waals surface area contributed by atoms with Gasteiger partial charge in [-0.05, 0) is 32.9 Å². The Morgan fingerprint density at radius 1 is 1.39 bits per heavy atom. The lowest BCUT2D eigenvalue weighted by Crippen LogP contribution is -2.32. The number of aryl methyl sites for hydroxylation is 1. The van der Waals surface area contributed by atoms with Crippen molar-refractivity contribution in [3.05, 3.63) is 11.8 Å². The molecule has 0 aliphatic carbocycles. The van der Waals surface area contributed by atoms with E-state index >= 15 is 0 Å². The number of aromatic nitrogens is 2. The van der Waals surface area contributed by atoms with Gasteiger partial charge in [0.15, 0.2) is 0 Å². The molecule has 6 heteroatoms. The van der Waals surface area contributed by atoms with Gasteiger partial charge in [-0.25, -0.2) is 10.8 Å². The Labute approximate surface area is 108 Å². The second-order valence-corrected chi connectivity index (χ2v) is 4.81. The van der Waals surface area contributed by atoms with E-state index in [9.17, 15) is 0 Å². The van der Waals surface area contributed by atoms with Crippen molar-refractivity contribution < 1.29 is 0 Å². The zero-order valence-electron chi connectivity index (χ0n) is 11.2. The number of nitrogen functional groups attached to an aromatic ring is 1. The lowest BCUT2D eigenvalue weighted by atomic mass is 10.4. The smallest absolute Gasteiger partial charge is 0.239 e. The first-order valence-corrected chi connectivity index (χ1v) is 6.45. The van der Waals surface area contributed by atoms with Gasteiger partial charge in [-0.3, -0.25) is 5.43 Å². The van der Waals surface area contributed by atoms with Gasteiger partial charge in [0.2, 0.25) is 5.95 Å². The second-order valence-electron chi connectivity index (χ2n) is 4.81. The highest BCUT2D eigenvalue weighted by atomic mass is 15.3. The van der Waals surface area contributed by atoms with Crippen LogP contribution < -0.4 is 16.2 Å². The summed E-state index contributed by atoms with van der Waals surface area (Å²) in [5.74, 6) is 6.74. The predicted octanol–water partition coefficient (Wildman–Crippen LogP) is 0.603. The molecule has 18 heavy (non-hydrogen) atoms. The van der Waals surface area contributed by atoms with E-state index in [4.69, 9.17) is 5.84 Å². The number of hydrogen-bond donors (Lipinski definition) is 2. The molecule has 6 nitrogen and oxygen atoms in total. The average molecular weight is 250 g/mol. The summed E-state index contributed by atoms with van der Waals surface area (Å²) in [5, 5.41) is 0. The molecule has 3 N–H and O–H groups in total. The first-order chi connectivity index (χ1) is 8.69. The summed E-state index contributed by atoms with van der Waals surface area (Å²) >= 11 is 0. The SMILES string of the molecule is Cc1cc(N(C)CCN2CCCC2)nc(NN)n1. The van der Waals surface area contributed by atoms with Crippen LogP contribution in [0.4, 0.5) is 11.8 Å². The number of nitrogens with zero attached hydrogens (tertiary/aromatic N) is 4. The van der Waals surface area contributed by atoms with Crippen LogP contribution in [0.15, 0.2) is 6.07 Å². The number of hydrogen-bond acceptors (Lipinski definition) is 6. The fourth-order valence-corrected chi connectivity index (χ4v) is 2.22. The van der Waals surface area contributed by atoms with Crippen LogP contribution in [-0.4, -0.2) is 48.1 Å². The van der Waals surface area contributed by atoms with Crippen LogP contribution in [-0.2, 0) is 0 Å². The van der Waals surface area contributed by atoms with Crippen molar-refractivity contribution >= 4 is 11.8 Å². The van der Waals surface area contributed by atoms with Crippen molar-refractivity contribution in [1.82, 2.24) is 14.9 Å². The van der Waals surface area contributed by atoms with Crippen LogP contribution in [0.2, 0.25) is 0 Å². The maximum Gasteiger partial charge on any atom is 0.239 e. The molecule has 0 amide bonds. The van der Waals surface area contributed by atoms with Gasteiger partial charge in [-0.1, -0.05) is 0 Å². The summed E-state index contributed by atoms with van der Waals surface area (Å²) in [6.07, 6.45) is 2.66. The lowest BCUT2D eigenvalue weighted by Gasteiger charge is -2.22. The summed E-state index contributed by atoms with van der Waals surface area (Å²) < 4.78 is 0. The molecule has 0 saturated carbocycles. The second kappa shape index (κ2) is 5.97. The molecule has 1 aromatic rings. The Balaban J connectivity index is 1.94. The molecule has 0 aromatic carbocycles. The molecule has 100 valence electrons. The van der Waals surface area contributed by atoms with Crippen LogP contribution in [0.1, 0.15) is 18.5 Å². The third-order valence-corrected chi connectivity index (χ3v) is 3.31. The first kappa shape index (κ1) is 13.0. The third kappa shape index (κ3) is 3.30. The Morgan fingerprint density at radius 2 is 2.11 bits per heavy atom. The van der Waals surface area contributed by atoms with Crippen molar-refractivity contribution in [1.29, 1.82) is 0 Å². The van der Waals surface area contributed by atoms with E-state index in [2.05, 4.69) is 32.2 Å². The minimum atomic E-state index is 0.470. The van der Waals surface area contributed by atoms with Gasteiger partial charge in [-0.2, -0.15) is 4.98 Å². The highest BCUT2D eigenvalue weighted by Gasteiger charge is 2.13. The Kier molecular flexibility index (Phi) is 4.33. The molecule has 0 spiro atoms. The Hall–Kier alpha value is -1.40. The molecular weight excluding hydrogens is 228 g/mol. The fraction of sp³-hybridized carbons (Fsp3) is 0.667. The average Bonchev–Trinajstić information content (AvgIpc) is 2.88. The van der Waals surface area contributed by atoms with Crippen LogP contribution in [0.5, 0.6) is 0 Å². The molecule has 2 heterocycles. The third-order valence-electron chi connectivity index (χ3n) is 3.31. The molecule has 0 bridgehead atoms. The normalized spacial score (nSPS) is 15.9. The fourth-order valence-electron chi connectivity index (χ4n) is 2.22. The number of likely N-dealkylation sites (tertiary alicyclic amines) is 1. The monoisotopic (exact) mass is 250 g/mol. The van der Waals surface area contributed by atoms with Crippen molar-refractivity contribution in [3.8, 4) is 0 Å². The minimum Gasteiger partial charge on any atom is -0.358 e. The maximum absolute atomic E-state index is 5.36. The lowest BCUT2D eigenvalue weighted by molar-refractivity contribution is 0.346. The number of nitrogens with one attached hydrogen (secondary N) is 1. The van der Waals surface area contributed by atoms with Crippen molar-refractivity contribution in [2.75, 3.05) is 43.6 Å². The van der Waals surface area contributed by atoms with E-state index in [0.717, 1.165) is 24.6 Å². The van der Waals surface area contributed by atoms with E-state index in [1.54, 1.807) is 0 Å². The topological polar surface area (TPSA) is 70.3 Å². The zero-order chi connectivity index (χ0) is 13.0. The summed E-state index contributed by atoms with van der Waals surface area (Å²) in [6.45, 7) is 6.46. The highest BCUT2D eigenvalue weighted by Crippen LogP contribution is 2.13. The van der Waals surface area contributed by atoms with E-state index in [0.29, 0.717) is 5.95 Å². The summed E-state index contributed by atoms with van der Waals surface area (Å²) in [5.41, 5.74) is 3.42. The predicted molar refractivity (Wildman–Crippen MR) is 73.5 cm³/mol. The standard InChI is InChI=1S/C12H22N6/c1-10-9-11(15-12(14-10)16-13)17(2)7-8-18-5-3-4-6-18/h9H,3-8,13H2,1-2H3,(H,14,15,16). The van der Waals surface area contributed by atoms with Crippen LogP contribution in [0.3, 0.4) is 0 Å². The molecule has 0 unspecified atom stereocenters. The van der Waals surface area contributed by atoms with Crippen LogP contribution in [0, 0.1) is 6.92 Å².